The molecular formula is C12H15N3O2. The normalized spacial score (nSPS) is 14.8. The molecule has 90 valence electrons. The number of urea groups is 1. The molecule has 0 heterocycles. The van der Waals surface area contributed by atoms with Gasteiger partial charge in [-0.25, -0.2) is 4.79 Å². The molecule has 17 heavy (non-hydrogen) atoms. The fourth-order valence-corrected chi connectivity index (χ4v) is 1.70. The van der Waals surface area contributed by atoms with Gasteiger partial charge in [-0.2, -0.15) is 0 Å². The van der Waals surface area contributed by atoms with Crippen molar-refractivity contribution < 1.29 is 9.59 Å². The van der Waals surface area contributed by atoms with Crippen LogP contribution in [0.2, 0.25) is 0 Å². The predicted octanol–water partition coefficient (Wildman–Crippen LogP) is 1.46. The van der Waals surface area contributed by atoms with Crippen LogP contribution in [0.25, 0.3) is 0 Å². The van der Waals surface area contributed by atoms with Crippen molar-refractivity contribution >= 4 is 17.6 Å². The zero-order valence-corrected chi connectivity index (χ0v) is 9.40. The van der Waals surface area contributed by atoms with Crippen LogP contribution in [0.3, 0.4) is 0 Å². The molecule has 4 N–H and O–H groups in total. The molecule has 3 amide bonds. The molecule has 0 aliphatic heterocycles. The molecule has 0 unspecified atom stereocenters. The SMILES string of the molecule is NC(=O)c1ccccc1NC(=O)NC1CCC1. The van der Waals surface area contributed by atoms with Crippen molar-refractivity contribution in [3.05, 3.63) is 29.8 Å². The highest BCUT2D eigenvalue weighted by Gasteiger charge is 2.19. The number of rotatable bonds is 3. The summed E-state index contributed by atoms with van der Waals surface area (Å²) < 4.78 is 0. The van der Waals surface area contributed by atoms with Gasteiger partial charge < -0.3 is 16.4 Å². The quantitative estimate of drug-likeness (QED) is 0.738. The van der Waals surface area contributed by atoms with Crippen LogP contribution in [0.4, 0.5) is 10.5 Å². The van der Waals surface area contributed by atoms with Crippen LogP contribution in [0.15, 0.2) is 24.3 Å². The highest BCUT2D eigenvalue weighted by Crippen LogP contribution is 2.19. The van der Waals surface area contributed by atoms with E-state index in [2.05, 4.69) is 10.6 Å². The molecule has 1 aliphatic rings. The average molecular weight is 233 g/mol. The molecule has 0 spiro atoms. The van der Waals surface area contributed by atoms with Crippen molar-refractivity contribution in [1.82, 2.24) is 5.32 Å². The van der Waals surface area contributed by atoms with Gasteiger partial charge in [-0.3, -0.25) is 4.79 Å². The Labute approximate surface area is 99.4 Å². The Morgan fingerprint density at radius 3 is 2.53 bits per heavy atom. The maximum Gasteiger partial charge on any atom is 0.319 e. The minimum absolute atomic E-state index is 0.260. The summed E-state index contributed by atoms with van der Waals surface area (Å²) in [6, 6.07) is 6.65. The first-order chi connectivity index (χ1) is 8.16. The maximum absolute atomic E-state index is 11.6. The molecule has 5 nitrogen and oxygen atoms in total. The van der Waals surface area contributed by atoms with E-state index >= 15 is 0 Å². The van der Waals surface area contributed by atoms with E-state index in [0.29, 0.717) is 11.3 Å². The molecule has 0 radical (unpaired) electrons. The lowest BCUT2D eigenvalue weighted by molar-refractivity contribution is 0.100. The summed E-state index contributed by atoms with van der Waals surface area (Å²) in [4.78, 5) is 22.8. The number of hydrogen-bond acceptors (Lipinski definition) is 2. The molecular weight excluding hydrogens is 218 g/mol. The Kier molecular flexibility index (Phi) is 3.27. The number of benzene rings is 1. The number of amides is 3. The minimum Gasteiger partial charge on any atom is -0.366 e. The van der Waals surface area contributed by atoms with Crippen molar-refractivity contribution in [1.29, 1.82) is 0 Å². The van der Waals surface area contributed by atoms with Crippen LogP contribution in [0.1, 0.15) is 29.6 Å². The second-order valence-electron chi connectivity index (χ2n) is 4.14. The molecule has 1 saturated carbocycles. The summed E-state index contributed by atoms with van der Waals surface area (Å²) in [7, 11) is 0. The number of nitrogens with two attached hydrogens (primary N) is 1. The van der Waals surface area contributed by atoms with Gasteiger partial charge in [0.25, 0.3) is 5.91 Å². The Morgan fingerprint density at radius 2 is 1.94 bits per heavy atom. The molecule has 0 atom stereocenters. The minimum atomic E-state index is -0.551. The van der Waals surface area contributed by atoms with Gasteiger partial charge in [-0.05, 0) is 31.4 Å². The number of primary amides is 1. The third kappa shape index (κ3) is 2.75. The highest BCUT2D eigenvalue weighted by molar-refractivity contribution is 6.02. The third-order valence-corrected chi connectivity index (χ3v) is 2.88. The van der Waals surface area contributed by atoms with E-state index in [1.165, 1.54) is 0 Å². The number of carbonyl (C=O) groups excluding carboxylic acids is 2. The second-order valence-corrected chi connectivity index (χ2v) is 4.14. The van der Waals surface area contributed by atoms with E-state index in [1.807, 2.05) is 0 Å². The highest BCUT2D eigenvalue weighted by atomic mass is 16.2. The molecule has 0 saturated heterocycles. The van der Waals surface area contributed by atoms with E-state index in [9.17, 15) is 9.59 Å². The largest absolute Gasteiger partial charge is 0.366 e. The number of para-hydroxylation sites is 1. The van der Waals surface area contributed by atoms with Crippen molar-refractivity contribution in [3.8, 4) is 0 Å². The molecule has 1 aromatic rings. The van der Waals surface area contributed by atoms with Gasteiger partial charge in [0.1, 0.15) is 0 Å². The summed E-state index contributed by atoms with van der Waals surface area (Å²) in [5, 5.41) is 5.47. The number of anilines is 1. The molecule has 1 aliphatic carbocycles. The fourth-order valence-electron chi connectivity index (χ4n) is 1.70. The van der Waals surface area contributed by atoms with Crippen molar-refractivity contribution in [3.63, 3.8) is 0 Å². The van der Waals surface area contributed by atoms with Crippen LogP contribution < -0.4 is 16.4 Å². The smallest absolute Gasteiger partial charge is 0.319 e. The third-order valence-electron chi connectivity index (χ3n) is 2.88. The fraction of sp³-hybridized carbons (Fsp3) is 0.333. The van der Waals surface area contributed by atoms with Gasteiger partial charge >= 0.3 is 6.03 Å². The Balaban J connectivity index is 2.01. The van der Waals surface area contributed by atoms with E-state index in [-0.39, 0.29) is 12.1 Å². The lowest BCUT2D eigenvalue weighted by Gasteiger charge is -2.26. The van der Waals surface area contributed by atoms with E-state index in [4.69, 9.17) is 5.73 Å². The van der Waals surface area contributed by atoms with Crippen molar-refractivity contribution in [2.24, 2.45) is 5.73 Å². The Bertz CT molecular complexity index is 441. The molecule has 1 aromatic carbocycles. The van der Waals surface area contributed by atoms with E-state index < -0.39 is 5.91 Å². The standard InChI is InChI=1S/C12H15N3O2/c13-11(16)9-6-1-2-7-10(9)15-12(17)14-8-4-3-5-8/h1-2,6-8H,3-5H2,(H2,13,16)(H2,14,15,17). The van der Waals surface area contributed by atoms with Crippen LogP contribution in [-0.4, -0.2) is 18.0 Å². The van der Waals surface area contributed by atoms with Gasteiger partial charge in [0, 0.05) is 6.04 Å². The summed E-state index contributed by atoms with van der Waals surface area (Å²) >= 11 is 0. The summed E-state index contributed by atoms with van der Waals surface area (Å²) in [5.74, 6) is -0.551. The van der Waals surface area contributed by atoms with Gasteiger partial charge in [-0.1, -0.05) is 12.1 Å². The van der Waals surface area contributed by atoms with E-state index in [1.54, 1.807) is 24.3 Å². The van der Waals surface area contributed by atoms with Crippen LogP contribution in [0, 0.1) is 0 Å². The Hall–Kier alpha value is -2.04. The van der Waals surface area contributed by atoms with Gasteiger partial charge in [-0.15, -0.1) is 0 Å². The first-order valence-corrected chi connectivity index (χ1v) is 5.63. The zero-order chi connectivity index (χ0) is 12.3. The van der Waals surface area contributed by atoms with Crippen LogP contribution in [0.5, 0.6) is 0 Å². The number of nitrogens with one attached hydrogen (secondary N) is 2. The van der Waals surface area contributed by atoms with Gasteiger partial charge in [0.15, 0.2) is 0 Å². The molecule has 5 heteroatoms. The van der Waals surface area contributed by atoms with Crippen LogP contribution >= 0.6 is 0 Å². The first kappa shape index (κ1) is 11.4. The van der Waals surface area contributed by atoms with Crippen molar-refractivity contribution in [2.45, 2.75) is 25.3 Å². The maximum atomic E-state index is 11.6. The van der Waals surface area contributed by atoms with Crippen molar-refractivity contribution in [2.75, 3.05) is 5.32 Å². The number of hydrogen-bond donors (Lipinski definition) is 3. The molecule has 0 aromatic heterocycles. The Morgan fingerprint density at radius 1 is 1.24 bits per heavy atom. The van der Waals surface area contributed by atoms with E-state index in [0.717, 1.165) is 19.3 Å². The average Bonchev–Trinajstić information content (AvgIpc) is 2.24. The van der Waals surface area contributed by atoms with Crippen LogP contribution in [-0.2, 0) is 0 Å². The molecule has 2 rings (SSSR count). The summed E-state index contributed by atoms with van der Waals surface area (Å²) in [5.41, 5.74) is 5.98. The lowest BCUT2D eigenvalue weighted by Crippen LogP contribution is -2.42. The topological polar surface area (TPSA) is 84.2 Å². The number of carbonyl (C=O) groups is 2. The summed E-state index contributed by atoms with van der Waals surface area (Å²) in [6.45, 7) is 0. The van der Waals surface area contributed by atoms with Gasteiger partial charge in [0.05, 0.1) is 11.3 Å². The predicted molar refractivity (Wildman–Crippen MR) is 64.8 cm³/mol. The first-order valence-electron chi connectivity index (χ1n) is 5.63. The lowest BCUT2D eigenvalue weighted by atomic mass is 9.93. The molecule has 1 fully saturated rings. The zero-order valence-electron chi connectivity index (χ0n) is 9.40. The molecule has 0 bridgehead atoms. The monoisotopic (exact) mass is 233 g/mol. The van der Waals surface area contributed by atoms with Gasteiger partial charge in [0.2, 0.25) is 0 Å². The second kappa shape index (κ2) is 4.86. The summed E-state index contributed by atoms with van der Waals surface area (Å²) in [6.07, 6.45) is 3.19.